The van der Waals surface area contributed by atoms with Crippen LogP contribution in [0.1, 0.15) is 18.4 Å². The number of hydrogen-bond acceptors (Lipinski definition) is 11. The first-order valence-electron chi connectivity index (χ1n) is 13.3. The minimum absolute atomic E-state index is 0.0629. The maximum Gasteiger partial charge on any atom is 0.337 e. The quantitative estimate of drug-likeness (QED) is 0.125. The number of benzene rings is 1. The number of ether oxygens (including phenoxy) is 4. The molecule has 9 atom stereocenters. The number of aliphatic hydroxyl groups excluding tert-OH is 3. The molecule has 0 saturated carbocycles. The van der Waals surface area contributed by atoms with Crippen LogP contribution in [0.3, 0.4) is 0 Å². The second-order valence-electron chi connectivity index (χ2n) is 10.8. The molecule has 1 spiro atoms. The molecule has 0 aliphatic carbocycles. The van der Waals surface area contributed by atoms with E-state index in [0.717, 1.165) is 5.56 Å². The third kappa shape index (κ3) is 4.67. The summed E-state index contributed by atoms with van der Waals surface area (Å²) in [5.41, 5.74) is 0.708. The Balaban J connectivity index is 1.43. The minimum atomic E-state index is -1.84. The topological polar surface area (TPSA) is 184 Å². The Labute approximate surface area is 235 Å². The zero-order valence-corrected chi connectivity index (χ0v) is 22.6. The van der Waals surface area contributed by atoms with Gasteiger partial charge in [0.2, 0.25) is 12.2 Å². The van der Waals surface area contributed by atoms with Gasteiger partial charge in [-0.15, -0.1) is 6.58 Å². The minimum Gasteiger partial charge on any atom is -0.504 e. The van der Waals surface area contributed by atoms with Crippen LogP contribution in [0.15, 0.2) is 42.7 Å². The van der Waals surface area contributed by atoms with E-state index >= 15 is 0 Å². The first-order valence-corrected chi connectivity index (χ1v) is 13.3. The highest BCUT2D eigenvalue weighted by Gasteiger charge is 2.60. The van der Waals surface area contributed by atoms with Crippen molar-refractivity contribution >= 4 is 23.5 Å². The van der Waals surface area contributed by atoms with Crippen molar-refractivity contribution in [3.63, 3.8) is 0 Å². The number of aliphatic carboxylic acids is 1. The van der Waals surface area contributed by atoms with Gasteiger partial charge in [-0.2, -0.15) is 0 Å². The molecule has 13 nitrogen and oxygen atoms in total. The number of anilines is 1. The molecule has 0 aromatic heterocycles. The molecule has 41 heavy (non-hydrogen) atoms. The Bertz CT molecular complexity index is 1270. The summed E-state index contributed by atoms with van der Waals surface area (Å²) < 4.78 is 21.1. The Hall–Kier alpha value is -3.49. The van der Waals surface area contributed by atoms with Crippen LogP contribution >= 0.6 is 0 Å². The molecule has 1 aromatic carbocycles. The summed E-state index contributed by atoms with van der Waals surface area (Å²) >= 11 is 0. The number of carbonyl (C=O) groups excluding carboxylic acids is 2. The summed E-state index contributed by atoms with van der Waals surface area (Å²) in [7, 11) is 2.77. The smallest absolute Gasteiger partial charge is 0.337 e. The van der Waals surface area contributed by atoms with Crippen molar-refractivity contribution in [2.75, 3.05) is 32.6 Å². The molecule has 3 fully saturated rings. The lowest BCUT2D eigenvalue weighted by atomic mass is 9.68. The summed E-state index contributed by atoms with van der Waals surface area (Å²) in [4.78, 5) is 40.0. The maximum absolute atomic E-state index is 13.7. The molecule has 1 amide bonds. The highest BCUT2D eigenvalue weighted by molar-refractivity contribution is 6.07. The van der Waals surface area contributed by atoms with Gasteiger partial charge in [-0.1, -0.05) is 12.1 Å². The average molecular weight is 575 g/mol. The van der Waals surface area contributed by atoms with E-state index in [0.29, 0.717) is 37.2 Å². The van der Waals surface area contributed by atoms with Gasteiger partial charge in [0.25, 0.3) is 0 Å². The number of piperidine rings is 1. The number of esters is 1. The number of hydrogen-bond donors (Lipinski definition) is 5. The largest absolute Gasteiger partial charge is 0.504 e. The van der Waals surface area contributed by atoms with Crippen LogP contribution in [0.5, 0.6) is 5.75 Å². The van der Waals surface area contributed by atoms with Crippen molar-refractivity contribution < 1.29 is 53.8 Å². The predicted octanol–water partition coefficient (Wildman–Crippen LogP) is -0.253. The van der Waals surface area contributed by atoms with Crippen LogP contribution in [0.25, 0.3) is 0 Å². The van der Waals surface area contributed by atoms with Crippen molar-refractivity contribution in [1.82, 2.24) is 4.90 Å². The fourth-order valence-electron chi connectivity index (χ4n) is 6.77. The monoisotopic (exact) mass is 574 g/mol. The fraction of sp³-hybridized carbons (Fsp3) is 0.536. The van der Waals surface area contributed by atoms with Gasteiger partial charge in [0.1, 0.15) is 24.1 Å². The number of carboxylic acids is 1. The molecule has 4 aliphatic heterocycles. The number of fused-ring (bicyclic) bond motifs is 4. The molecule has 0 radical (unpaired) electrons. The van der Waals surface area contributed by atoms with Crippen molar-refractivity contribution in [3.05, 3.63) is 48.3 Å². The second-order valence-corrected chi connectivity index (χ2v) is 10.8. The van der Waals surface area contributed by atoms with Crippen molar-refractivity contribution in [1.29, 1.82) is 0 Å². The summed E-state index contributed by atoms with van der Waals surface area (Å²) in [6.07, 6.45) is -4.53. The zero-order chi connectivity index (χ0) is 29.6. The van der Waals surface area contributed by atoms with E-state index in [4.69, 9.17) is 18.9 Å². The molecular formula is C28H34N2O11. The van der Waals surface area contributed by atoms with Gasteiger partial charge < -0.3 is 44.7 Å². The van der Waals surface area contributed by atoms with Crippen LogP contribution in [-0.4, -0.2) is 107 Å². The standard InChI is InChI=1S/C28H34N2O11/c1-4-13-11-30-8-7-28(19(30)10-15(13)16(12-38-2)25(36)39-3)17-6-5-14(9-18(17)29-27(28)37)40-26-22(33)20(31)21(32)23(41-26)24(34)35/h4-6,9,12-13,15,19-23,26,31-33H,1,7-8,10-11H2,2-3H3,(H,29,37)(H,34,35)/b16-12+/t13-,15-,19-,20-,21-,22+,23-,26+,28-/m0/s1. The molecule has 4 aliphatic rings. The van der Waals surface area contributed by atoms with E-state index < -0.39 is 48.1 Å². The lowest BCUT2D eigenvalue weighted by molar-refractivity contribution is -0.271. The average Bonchev–Trinajstić information content (AvgIpc) is 3.47. The lowest BCUT2D eigenvalue weighted by Gasteiger charge is -2.44. The van der Waals surface area contributed by atoms with E-state index in [1.54, 1.807) is 18.2 Å². The van der Waals surface area contributed by atoms with E-state index in [1.165, 1.54) is 20.5 Å². The molecule has 1 aromatic rings. The van der Waals surface area contributed by atoms with Crippen LogP contribution in [-0.2, 0) is 34.0 Å². The molecule has 0 bridgehead atoms. The van der Waals surface area contributed by atoms with Crippen LogP contribution in [0.2, 0.25) is 0 Å². The van der Waals surface area contributed by atoms with Crippen LogP contribution in [0.4, 0.5) is 5.69 Å². The fourth-order valence-corrected chi connectivity index (χ4v) is 6.77. The van der Waals surface area contributed by atoms with Crippen molar-refractivity contribution in [2.24, 2.45) is 11.8 Å². The molecule has 5 rings (SSSR count). The summed E-state index contributed by atoms with van der Waals surface area (Å²) in [6.45, 7) is 5.23. The maximum atomic E-state index is 13.7. The number of rotatable bonds is 7. The number of carbonyl (C=O) groups is 3. The third-order valence-corrected chi connectivity index (χ3v) is 8.80. The van der Waals surface area contributed by atoms with Crippen LogP contribution < -0.4 is 10.1 Å². The van der Waals surface area contributed by atoms with Gasteiger partial charge in [-0.3, -0.25) is 9.69 Å². The number of amides is 1. The van der Waals surface area contributed by atoms with Gasteiger partial charge in [0.15, 0.2) is 6.10 Å². The highest BCUT2D eigenvalue weighted by atomic mass is 16.7. The van der Waals surface area contributed by atoms with Gasteiger partial charge >= 0.3 is 11.9 Å². The first kappa shape index (κ1) is 29.0. The SMILES string of the molecule is C=C[C@H]1CN2CC[C@@]3(C(=O)Nc4cc(O[C@@H]5O[C@H](C(=O)O)[C@@H](O)[C@H](O)[C@H]5O)ccc43)[C@@H]2C[C@@H]1/C(=C\OC)C(=O)OC. The number of methoxy groups -OCH3 is 2. The van der Waals surface area contributed by atoms with Crippen LogP contribution in [0, 0.1) is 11.8 Å². The Morgan fingerprint density at radius 3 is 2.61 bits per heavy atom. The van der Waals surface area contributed by atoms with Gasteiger partial charge in [-0.05, 0) is 36.9 Å². The normalized spacial score (nSPS) is 36.7. The van der Waals surface area contributed by atoms with Gasteiger partial charge in [-0.25, -0.2) is 9.59 Å². The van der Waals surface area contributed by atoms with E-state index in [9.17, 15) is 34.8 Å². The van der Waals surface area contributed by atoms with E-state index in [1.807, 2.05) is 6.08 Å². The molecule has 0 unspecified atom stereocenters. The molecule has 222 valence electrons. The van der Waals surface area contributed by atoms with Crippen molar-refractivity contribution in [2.45, 2.75) is 55.0 Å². The number of aliphatic hydroxyl groups is 3. The van der Waals surface area contributed by atoms with E-state index in [2.05, 4.69) is 16.8 Å². The molecular weight excluding hydrogens is 540 g/mol. The number of nitrogens with zero attached hydrogens (tertiary/aromatic N) is 1. The first-order chi connectivity index (χ1) is 19.6. The highest BCUT2D eigenvalue weighted by Crippen LogP contribution is 2.53. The Kier molecular flexibility index (Phi) is 7.83. The molecule has 5 N–H and O–H groups in total. The van der Waals surface area contributed by atoms with E-state index in [-0.39, 0.29) is 29.5 Å². The Morgan fingerprint density at radius 2 is 1.95 bits per heavy atom. The van der Waals surface area contributed by atoms with Gasteiger partial charge in [0.05, 0.1) is 31.5 Å². The zero-order valence-electron chi connectivity index (χ0n) is 22.6. The second kappa shape index (κ2) is 11.1. The summed E-state index contributed by atoms with van der Waals surface area (Å²) in [5, 5.41) is 42.6. The molecule has 13 heteroatoms. The lowest BCUT2D eigenvalue weighted by Crippen LogP contribution is -2.61. The summed E-state index contributed by atoms with van der Waals surface area (Å²) in [5.74, 6) is -2.42. The molecule has 4 heterocycles. The number of carboxylic acid groups (broad SMARTS) is 1. The van der Waals surface area contributed by atoms with Gasteiger partial charge in [0, 0.05) is 30.3 Å². The predicted molar refractivity (Wildman–Crippen MR) is 141 cm³/mol. The third-order valence-electron chi connectivity index (χ3n) is 8.80. The Morgan fingerprint density at radius 1 is 1.20 bits per heavy atom. The summed E-state index contributed by atoms with van der Waals surface area (Å²) in [6, 6.07) is 4.62. The van der Waals surface area contributed by atoms with Crippen molar-refractivity contribution in [3.8, 4) is 5.75 Å². The number of nitrogens with one attached hydrogen (secondary N) is 1. The molecule has 3 saturated heterocycles.